The first-order valence-electron chi connectivity index (χ1n) is 3.65. The topological polar surface area (TPSA) is 25.2 Å². The number of rotatable bonds is 0. The van der Waals surface area contributed by atoms with Gasteiger partial charge in [-0.05, 0) is 18.6 Å². The summed E-state index contributed by atoms with van der Waals surface area (Å²) in [7, 11) is 0. The van der Waals surface area contributed by atoms with Crippen LogP contribution >= 0.6 is 0 Å². The second-order valence-corrected chi connectivity index (χ2v) is 2.79. The molecule has 3 heteroatoms. The standard InChI is InChI=1S/C9H8FNO/c1-6-5-11(12)9-7(6)3-2-4-8(9)10/h2-5,12H,1H3. The van der Waals surface area contributed by atoms with Crippen molar-refractivity contribution in [1.29, 1.82) is 0 Å². The minimum Gasteiger partial charge on any atom is -0.428 e. The molecule has 0 radical (unpaired) electrons. The van der Waals surface area contributed by atoms with E-state index in [-0.39, 0.29) is 5.52 Å². The van der Waals surface area contributed by atoms with Gasteiger partial charge in [0.1, 0.15) is 5.52 Å². The molecule has 0 fully saturated rings. The number of halogens is 1. The summed E-state index contributed by atoms with van der Waals surface area (Å²) < 4.78 is 13.9. The maximum atomic E-state index is 13.1. The van der Waals surface area contributed by atoms with Crippen LogP contribution in [0.1, 0.15) is 5.56 Å². The first kappa shape index (κ1) is 7.16. The van der Waals surface area contributed by atoms with Crippen molar-refractivity contribution in [1.82, 2.24) is 4.73 Å². The summed E-state index contributed by atoms with van der Waals surface area (Å²) in [5.74, 6) is -0.400. The Morgan fingerprint density at radius 1 is 1.42 bits per heavy atom. The van der Waals surface area contributed by atoms with E-state index in [0.717, 1.165) is 15.7 Å². The largest absolute Gasteiger partial charge is 0.428 e. The van der Waals surface area contributed by atoms with Gasteiger partial charge in [-0.1, -0.05) is 12.1 Å². The van der Waals surface area contributed by atoms with Crippen molar-refractivity contribution in [3.63, 3.8) is 0 Å². The van der Waals surface area contributed by atoms with Gasteiger partial charge < -0.3 is 5.21 Å². The highest BCUT2D eigenvalue weighted by molar-refractivity contribution is 5.83. The van der Waals surface area contributed by atoms with Crippen molar-refractivity contribution in [3.05, 3.63) is 35.8 Å². The zero-order chi connectivity index (χ0) is 8.72. The Balaban J connectivity index is 2.99. The molecule has 1 aromatic carbocycles. The molecule has 0 atom stereocenters. The third kappa shape index (κ3) is 0.794. The van der Waals surface area contributed by atoms with Crippen LogP contribution in [0.3, 0.4) is 0 Å². The molecule has 1 aromatic heterocycles. The Kier molecular flexibility index (Phi) is 1.33. The number of fused-ring (bicyclic) bond motifs is 1. The van der Waals surface area contributed by atoms with Gasteiger partial charge in [0.25, 0.3) is 0 Å². The highest BCUT2D eigenvalue weighted by Gasteiger charge is 2.07. The van der Waals surface area contributed by atoms with Crippen LogP contribution in [0.2, 0.25) is 0 Å². The molecule has 0 aliphatic carbocycles. The van der Waals surface area contributed by atoms with Crippen molar-refractivity contribution in [2.24, 2.45) is 0 Å². The van der Waals surface area contributed by atoms with Crippen molar-refractivity contribution >= 4 is 10.9 Å². The summed E-state index contributed by atoms with van der Waals surface area (Å²) in [6.07, 6.45) is 1.49. The summed E-state index contributed by atoms with van der Waals surface area (Å²) in [5, 5.41) is 10.00. The summed E-state index contributed by atoms with van der Waals surface area (Å²) in [6.45, 7) is 1.83. The van der Waals surface area contributed by atoms with E-state index in [1.807, 2.05) is 6.92 Å². The molecule has 0 saturated carbocycles. The van der Waals surface area contributed by atoms with Crippen LogP contribution < -0.4 is 0 Å². The highest BCUT2D eigenvalue weighted by Crippen LogP contribution is 2.21. The Morgan fingerprint density at radius 3 is 2.83 bits per heavy atom. The van der Waals surface area contributed by atoms with E-state index >= 15 is 0 Å². The molecular formula is C9H8FNO. The van der Waals surface area contributed by atoms with E-state index in [0.29, 0.717) is 0 Å². The van der Waals surface area contributed by atoms with Gasteiger partial charge >= 0.3 is 0 Å². The number of aromatic nitrogens is 1. The van der Waals surface area contributed by atoms with Crippen molar-refractivity contribution < 1.29 is 9.60 Å². The molecule has 2 nitrogen and oxygen atoms in total. The van der Waals surface area contributed by atoms with Crippen molar-refractivity contribution in [2.75, 3.05) is 0 Å². The highest BCUT2D eigenvalue weighted by atomic mass is 19.1. The van der Waals surface area contributed by atoms with Crippen LogP contribution in [-0.2, 0) is 0 Å². The van der Waals surface area contributed by atoms with Gasteiger partial charge in [0, 0.05) is 11.6 Å². The predicted octanol–water partition coefficient (Wildman–Crippen LogP) is 2.33. The zero-order valence-electron chi connectivity index (χ0n) is 6.58. The molecule has 1 N–H and O–H groups in total. The van der Waals surface area contributed by atoms with E-state index in [1.54, 1.807) is 12.1 Å². The van der Waals surface area contributed by atoms with Crippen LogP contribution in [-0.4, -0.2) is 9.94 Å². The molecule has 0 amide bonds. The van der Waals surface area contributed by atoms with Crippen LogP contribution in [0.15, 0.2) is 24.4 Å². The maximum absolute atomic E-state index is 13.1. The molecule has 0 bridgehead atoms. The summed E-state index contributed by atoms with van der Waals surface area (Å²) in [6, 6.07) is 4.74. The fourth-order valence-electron chi connectivity index (χ4n) is 1.38. The number of para-hydroxylation sites is 1. The number of hydrogen-bond donors (Lipinski definition) is 1. The van der Waals surface area contributed by atoms with E-state index < -0.39 is 5.82 Å². The van der Waals surface area contributed by atoms with E-state index in [2.05, 4.69) is 0 Å². The Bertz CT molecular complexity index is 433. The van der Waals surface area contributed by atoms with Gasteiger partial charge in [0.05, 0.1) is 0 Å². The quantitative estimate of drug-likeness (QED) is 0.595. The summed E-state index contributed by atoms with van der Waals surface area (Å²) in [4.78, 5) is 0. The first-order valence-corrected chi connectivity index (χ1v) is 3.65. The monoisotopic (exact) mass is 165 g/mol. The summed E-state index contributed by atoms with van der Waals surface area (Å²) in [5.41, 5.74) is 1.11. The smallest absolute Gasteiger partial charge is 0.150 e. The average Bonchev–Trinajstić information content (AvgIpc) is 2.29. The van der Waals surface area contributed by atoms with Gasteiger partial charge in [-0.3, -0.25) is 0 Å². The lowest BCUT2D eigenvalue weighted by molar-refractivity contribution is 0.198. The second kappa shape index (κ2) is 2.24. The zero-order valence-corrected chi connectivity index (χ0v) is 6.58. The number of benzene rings is 1. The molecule has 0 spiro atoms. The SMILES string of the molecule is Cc1cn(O)c2c(F)cccc12. The van der Waals surface area contributed by atoms with Crippen molar-refractivity contribution in [3.8, 4) is 0 Å². The lowest BCUT2D eigenvalue weighted by atomic mass is 10.2. The van der Waals surface area contributed by atoms with E-state index in [4.69, 9.17) is 0 Å². The lowest BCUT2D eigenvalue weighted by Crippen LogP contribution is -1.88. The van der Waals surface area contributed by atoms with Gasteiger partial charge in [0.2, 0.25) is 0 Å². The summed E-state index contributed by atoms with van der Waals surface area (Å²) >= 11 is 0. The maximum Gasteiger partial charge on any atom is 0.150 e. The third-order valence-electron chi connectivity index (χ3n) is 1.96. The molecule has 2 rings (SSSR count). The molecule has 12 heavy (non-hydrogen) atoms. The molecule has 62 valence electrons. The molecule has 2 aromatic rings. The molecular weight excluding hydrogens is 157 g/mol. The lowest BCUT2D eigenvalue weighted by Gasteiger charge is -1.95. The fraction of sp³-hybridized carbons (Fsp3) is 0.111. The van der Waals surface area contributed by atoms with Crippen molar-refractivity contribution in [2.45, 2.75) is 6.92 Å². The van der Waals surface area contributed by atoms with Gasteiger partial charge in [0.15, 0.2) is 5.82 Å². The molecule has 1 heterocycles. The second-order valence-electron chi connectivity index (χ2n) is 2.79. The molecule has 0 aliphatic rings. The minimum atomic E-state index is -0.400. The molecule has 0 saturated heterocycles. The Labute approximate surface area is 68.8 Å². The third-order valence-corrected chi connectivity index (χ3v) is 1.96. The number of aryl methyl sites for hydroxylation is 1. The first-order chi connectivity index (χ1) is 5.70. The Morgan fingerprint density at radius 2 is 2.17 bits per heavy atom. The van der Waals surface area contributed by atoms with Crippen LogP contribution in [0.5, 0.6) is 0 Å². The number of nitrogens with zero attached hydrogens (tertiary/aromatic N) is 1. The van der Waals surface area contributed by atoms with Gasteiger partial charge in [-0.25, -0.2) is 4.39 Å². The minimum absolute atomic E-state index is 0.245. The van der Waals surface area contributed by atoms with Gasteiger partial charge in [-0.2, -0.15) is 4.73 Å². The average molecular weight is 165 g/mol. The van der Waals surface area contributed by atoms with Crippen LogP contribution in [0, 0.1) is 12.7 Å². The van der Waals surface area contributed by atoms with Crippen LogP contribution in [0.4, 0.5) is 4.39 Å². The van der Waals surface area contributed by atoms with Gasteiger partial charge in [-0.15, -0.1) is 0 Å². The molecule has 0 unspecified atom stereocenters. The predicted molar refractivity (Wildman–Crippen MR) is 43.8 cm³/mol. The Hall–Kier alpha value is -1.51. The molecule has 0 aliphatic heterocycles. The normalized spacial score (nSPS) is 10.8. The fourth-order valence-corrected chi connectivity index (χ4v) is 1.38. The van der Waals surface area contributed by atoms with E-state index in [9.17, 15) is 9.60 Å². The number of hydrogen-bond acceptors (Lipinski definition) is 1. The van der Waals surface area contributed by atoms with Crippen LogP contribution in [0.25, 0.3) is 10.9 Å². The van der Waals surface area contributed by atoms with E-state index in [1.165, 1.54) is 12.3 Å².